The fraction of sp³-hybridized carbons (Fsp3) is 0.545. The number of hydrogen-bond donors (Lipinski definition) is 1. The molecule has 0 saturated heterocycles. The number of anilines is 1. The minimum absolute atomic E-state index is 0.445. The number of aryl methyl sites for hydroxylation is 3. The molecule has 0 aromatic carbocycles. The van der Waals surface area contributed by atoms with E-state index >= 15 is 0 Å². The molecule has 0 saturated carbocycles. The summed E-state index contributed by atoms with van der Waals surface area (Å²) >= 11 is 0. The summed E-state index contributed by atoms with van der Waals surface area (Å²) < 4.78 is 7.26. The zero-order valence-electron chi connectivity index (χ0n) is 10.4. The van der Waals surface area contributed by atoms with Crippen molar-refractivity contribution in [3.63, 3.8) is 0 Å². The van der Waals surface area contributed by atoms with E-state index in [0.717, 1.165) is 25.0 Å². The largest absolute Gasteiger partial charge is 0.419 e. The van der Waals surface area contributed by atoms with Crippen LogP contribution in [0, 0.1) is 0 Å². The maximum absolute atomic E-state index is 6.02. The third-order valence-electron chi connectivity index (χ3n) is 2.63. The maximum atomic E-state index is 6.02. The summed E-state index contributed by atoms with van der Waals surface area (Å²) in [5, 5.41) is 12.3. The average molecular weight is 235 g/mol. The van der Waals surface area contributed by atoms with Gasteiger partial charge >= 0.3 is 0 Å². The topological polar surface area (TPSA) is 82.8 Å². The summed E-state index contributed by atoms with van der Waals surface area (Å²) in [6.45, 7) is 4.08. The highest BCUT2D eigenvalue weighted by Crippen LogP contribution is 2.27. The first-order valence-corrected chi connectivity index (χ1v) is 5.81. The Morgan fingerprint density at radius 3 is 2.65 bits per heavy atom. The standard InChI is InChI=1S/C11H17N5O/c1-4-6-8-13-14-11(17-8)10-9(12)7(5-2)15-16(10)3/h4-6,12H2,1-3H3. The molecule has 2 aromatic rings. The van der Waals surface area contributed by atoms with Crippen LogP contribution < -0.4 is 5.73 Å². The monoisotopic (exact) mass is 235 g/mol. The van der Waals surface area contributed by atoms with Gasteiger partial charge in [0.15, 0.2) is 0 Å². The van der Waals surface area contributed by atoms with Crippen molar-refractivity contribution in [2.24, 2.45) is 7.05 Å². The third-order valence-corrected chi connectivity index (χ3v) is 2.63. The predicted octanol–water partition coefficient (Wildman–Crippen LogP) is 1.57. The van der Waals surface area contributed by atoms with Crippen LogP contribution >= 0.6 is 0 Å². The SMILES string of the molecule is CCCc1nnc(-c2c(N)c(CC)nn2C)o1. The summed E-state index contributed by atoms with van der Waals surface area (Å²) in [5.74, 6) is 1.08. The molecule has 2 aromatic heterocycles. The van der Waals surface area contributed by atoms with Gasteiger partial charge in [-0.1, -0.05) is 13.8 Å². The van der Waals surface area contributed by atoms with Crippen LogP contribution in [0.4, 0.5) is 5.69 Å². The van der Waals surface area contributed by atoms with Crippen molar-refractivity contribution in [2.45, 2.75) is 33.1 Å². The van der Waals surface area contributed by atoms with Crippen molar-refractivity contribution in [3.8, 4) is 11.6 Å². The Hall–Kier alpha value is -1.85. The predicted molar refractivity (Wildman–Crippen MR) is 64.3 cm³/mol. The van der Waals surface area contributed by atoms with Crippen LogP contribution in [0.2, 0.25) is 0 Å². The van der Waals surface area contributed by atoms with Crippen molar-refractivity contribution in [3.05, 3.63) is 11.6 Å². The molecule has 0 spiro atoms. The Morgan fingerprint density at radius 1 is 1.29 bits per heavy atom. The van der Waals surface area contributed by atoms with E-state index in [2.05, 4.69) is 22.2 Å². The Balaban J connectivity index is 2.41. The van der Waals surface area contributed by atoms with Crippen LogP contribution in [-0.2, 0) is 19.9 Å². The molecule has 0 aliphatic rings. The van der Waals surface area contributed by atoms with Gasteiger partial charge in [-0.3, -0.25) is 4.68 Å². The van der Waals surface area contributed by atoms with Gasteiger partial charge in [-0.2, -0.15) is 5.10 Å². The van der Waals surface area contributed by atoms with E-state index in [1.165, 1.54) is 0 Å². The van der Waals surface area contributed by atoms with E-state index in [1.807, 2.05) is 14.0 Å². The fourth-order valence-corrected chi connectivity index (χ4v) is 1.77. The summed E-state index contributed by atoms with van der Waals surface area (Å²) in [4.78, 5) is 0. The van der Waals surface area contributed by atoms with Crippen molar-refractivity contribution < 1.29 is 4.42 Å². The lowest BCUT2D eigenvalue weighted by Crippen LogP contribution is -1.95. The van der Waals surface area contributed by atoms with Crippen LogP contribution in [0.3, 0.4) is 0 Å². The Bertz CT molecular complexity index is 514. The van der Waals surface area contributed by atoms with Crippen LogP contribution in [0.15, 0.2) is 4.42 Å². The van der Waals surface area contributed by atoms with E-state index in [1.54, 1.807) is 4.68 Å². The molecule has 0 bridgehead atoms. The molecule has 2 N–H and O–H groups in total. The van der Waals surface area contributed by atoms with E-state index < -0.39 is 0 Å². The van der Waals surface area contributed by atoms with Crippen LogP contribution in [0.1, 0.15) is 31.9 Å². The van der Waals surface area contributed by atoms with E-state index in [4.69, 9.17) is 10.2 Å². The first-order chi connectivity index (χ1) is 8.17. The second-order valence-electron chi connectivity index (χ2n) is 3.94. The second kappa shape index (κ2) is 4.57. The van der Waals surface area contributed by atoms with Gasteiger partial charge in [0, 0.05) is 13.5 Å². The Kier molecular flexibility index (Phi) is 3.12. The smallest absolute Gasteiger partial charge is 0.268 e. The van der Waals surface area contributed by atoms with E-state index in [0.29, 0.717) is 23.2 Å². The molecule has 17 heavy (non-hydrogen) atoms. The molecule has 92 valence electrons. The van der Waals surface area contributed by atoms with Gasteiger partial charge in [0.1, 0.15) is 5.69 Å². The van der Waals surface area contributed by atoms with E-state index in [-0.39, 0.29) is 0 Å². The van der Waals surface area contributed by atoms with Gasteiger partial charge < -0.3 is 10.2 Å². The zero-order valence-corrected chi connectivity index (χ0v) is 10.4. The minimum atomic E-state index is 0.445. The summed E-state index contributed by atoms with van der Waals surface area (Å²) in [6.07, 6.45) is 2.55. The molecule has 0 radical (unpaired) electrons. The van der Waals surface area contributed by atoms with Crippen molar-refractivity contribution in [1.29, 1.82) is 0 Å². The highest BCUT2D eigenvalue weighted by Gasteiger charge is 2.19. The van der Waals surface area contributed by atoms with Gasteiger partial charge in [0.25, 0.3) is 5.89 Å². The first kappa shape index (κ1) is 11.6. The number of rotatable bonds is 4. The molecule has 6 heteroatoms. The molecular weight excluding hydrogens is 218 g/mol. The lowest BCUT2D eigenvalue weighted by atomic mass is 10.2. The Morgan fingerprint density at radius 2 is 2.06 bits per heavy atom. The zero-order chi connectivity index (χ0) is 12.4. The molecular formula is C11H17N5O. The quantitative estimate of drug-likeness (QED) is 0.869. The lowest BCUT2D eigenvalue weighted by Gasteiger charge is -1.96. The van der Waals surface area contributed by atoms with E-state index in [9.17, 15) is 0 Å². The normalized spacial score (nSPS) is 11.0. The molecule has 0 atom stereocenters. The molecule has 2 heterocycles. The molecule has 0 aliphatic carbocycles. The minimum Gasteiger partial charge on any atom is -0.419 e. The van der Waals surface area contributed by atoms with Gasteiger partial charge in [-0.15, -0.1) is 10.2 Å². The number of nitrogen functional groups attached to an aromatic ring is 1. The number of hydrogen-bond acceptors (Lipinski definition) is 5. The van der Waals surface area contributed by atoms with Crippen molar-refractivity contribution in [1.82, 2.24) is 20.0 Å². The molecule has 6 nitrogen and oxygen atoms in total. The molecule has 0 amide bonds. The summed E-state index contributed by atoms with van der Waals surface area (Å²) in [6, 6.07) is 0. The highest BCUT2D eigenvalue weighted by molar-refractivity contribution is 5.68. The molecule has 2 rings (SSSR count). The molecule has 0 unspecified atom stereocenters. The second-order valence-corrected chi connectivity index (χ2v) is 3.94. The summed E-state index contributed by atoms with van der Waals surface area (Å²) in [7, 11) is 1.83. The molecule has 0 fully saturated rings. The third kappa shape index (κ3) is 2.02. The number of nitrogens with two attached hydrogens (primary N) is 1. The van der Waals surface area contributed by atoms with Gasteiger partial charge in [0.05, 0.1) is 11.4 Å². The lowest BCUT2D eigenvalue weighted by molar-refractivity contribution is 0.498. The number of aromatic nitrogens is 4. The Labute approximate surface area is 99.8 Å². The van der Waals surface area contributed by atoms with Crippen LogP contribution in [0.25, 0.3) is 11.6 Å². The maximum Gasteiger partial charge on any atom is 0.268 e. The van der Waals surface area contributed by atoms with Crippen molar-refractivity contribution >= 4 is 5.69 Å². The number of nitrogens with zero attached hydrogens (tertiary/aromatic N) is 4. The van der Waals surface area contributed by atoms with Crippen LogP contribution in [-0.4, -0.2) is 20.0 Å². The molecule has 0 aliphatic heterocycles. The van der Waals surface area contributed by atoms with Gasteiger partial charge in [0.2, 0.25) is 5.89 Å². The van der Waals surface area contributed by atoms with Crippen molar-refractivity contribution in [2.75, 3.05) is 5.73 Å². The van der Waals surface area contributed by atoms with Crippen LogP contribution in [0.5, 0.6) is 0 Å². The summed E-state index contributed by atoms with van der Waals surface area (Å²) in [5.41, 5.74) is 8.21. The average Bonchev–Trinajstić information content (AvgIpc) is 2.84. The fourth-order valence-electron chi connectivity index (χ4n) is 1.77. The van der Waals surface area contributed by atoms with Gasteiger partial charge in [-0.25, -0.2) is 0 Å². The highest BCUT2D eigenvalue weighted by atomic mass is 16.4. The first-order valence-electron chi connectivity index (χ1n) is 5.81. The van der Waals surface area contributed by atoms with Gasteiger partial charge in [-0.05, 0) is 12.8 Å².